The number of ether oxygens (including phenoxy) is 1. The Labute approximate surface area is 92.0 Å². The van der Waals surface area contributed by atoms with Gasteiger partial charge >= 0.3 is 0 Å². The van der Waals surface area contributed by atoms with Crippen LogP contribution in [0.2, 0.25) is 0 Å². The van der Waals surface area contributed by atoms with Gasteiger partial charge in [-0.05, 0) is 33.2 Å². The Kier molecular flexibility index (Phi) is 4.52. The first kappa shape index (κ1) is 12.4. The van der Waals surface area contributed by atoms with Crippen LogP contribution < -0.4 is 5.73 Å². The Morgan fingerprint density at radius 3 is 3.00 bits per heavy atom. The third-order valence-corrected chi connectivity index (χ3v) is 2.67. The lowest BCUT2D eigenvalue weighted by Crippen LogP contribution is -2.50. The summed E-state index contributed by atoms with van der Waals surface area (Å²) in [6.07, 6.45) is 2.57. The number of piperidine rings is 1. The number of nitriles is 1. The van der Waals surface area contributed by atoms with E-state index in [1.807, 2.05) is 6.92 Å². The van der Waals surface area contributed by atoms with Gasteiger partial charge in [0.25, 0.3) is 0 Å². The number of likely N-dealkylation sites (tertiary alicyclic amines) is 1. The van der Waals surface area contributed by atoms with Crippen molar-refractivity contribution < 1.29 is 4.74 Å². The van der Waals surface area contributed by atoms with Crippen LogP contribution in [-0.2, 0) is 4.74 Å². The molecule has 0 bridgehead atoms. The molecule has 0 aromatic heterocycles. The maximum Gasteiger partial charge on any atom is 0.114 e. The van der Waals surface area contributed by atoms with Gasteiger partial charge in [0.1, 0.15) is 5.54 Å². The molecule has 15 heavy (non-hydrogen) atoms. The van der Waals surface area contributed by atoms with Gasteiger partial charge in [0, 0.05) is 19.7 Å². The van der Waals surface area contributed by atoms with Crippen LogP contribution in [0.15, 0.2) is 0 Å². The van der Waals surface area contributed by atoms with Crippen molar-refractivity contribution in [2.75, 3.05) is 26.2 Å². The summed E-state index contributed by atoms with van der Waals surface area (Å²) in [5, 5.41) is 8.86. The quantitative estimate of drug-likeness (QED) is 0.744. The molecule has 0 aromatic carbocycles. The van der Waals surface area contributed by atoms with Crippen molar-refractivity contribution in [1.29, 1.82) is 5.26 Å². The molecule has 0 saturated carbocycles. The molecule has 0 spiro atoms. The van der Waals surface area contributed by atoms with Crippen molar-refractivity contribution >= 4 is 0 Å². The van der Waals surface area contributed by atoms with Crippen LogP contribution in [-0.4, -0.2) is 42.8 Å². The van der Waals surface area contributed by atoms with Gasteiger partial charge in [-0.2, -0.15) is 5.26 Å². The lowest BCUT2D eigenvalue weighted by atomic mass is 10.0. The van der Waals surface area contributed by atoms with Crippen LogP contribution in [0.25, 0.3) is 0 Å². The summed E-state index contributed by atoms with van der Waals surface area (Å²) < 4.78 is 5.60. The summed E-state index contributed by atoms with van der Waals surface area (Å²) in [6.45, 7) is 7.11. The van der Waals surface area contributed by atoms with Crippen molar-refractivity contribution in [2.45, 2.75) is 38.3 Å². The average Bonchev–Trinajstić information content (AvgIpc) is 2.18. The molecule has 4 heteroatoms. The van der Waals surface area contributed by atoms with Crippen molar-refractivity contribution in [3.05, 3.63) is 0 Å². The van der Waals surface area contributed by atoms with E-state index in [9.17, 15) is 0 Å². The number of hydrogen-bond donors (Lipinski definition) is 1. The largest absolute Gasteiger partial charge is 0.377 e. The van der Waals surface area contributed by atoms with Gasteiger partial charge in [0.05, 0.1) is 12.2 Å². The Hall–Kier alpha value is -0.630. The van der Waals surface area contributed by atoms with E-state index in [-0.39, 0.29) is 0 Å². The molecule has 0 aliphatic carbocycles. The molecule has 2 atom stereocenters. The zero-order valence-electron chi connectivity index (χ0n) is 9.70. The molecule has 0 amide bonds. The number of nitrogens with two attached hydrogens (primary N) is 1. The van der Waals surface area contributed by atoms with Crippen LogP contribution >= 0.6 is 0 Å². The van der Waals surface area contributed by atoms with Crippen molar-refractivity contribution in [3.63, 3.8) is 0 Å². The van der Waals surface area contributed by atoms with Gasteiger partial charge in [-0.1, -0.05) is 0 Å². The highest BCUT2D eigenvalue weighted by Crippen LogP contribution is 2.14. The van der Waals surface area contributed by atoms with Crippen LogP contribution in [0.1, 0.15) is 26.7 Å². The Balaban J connectivity index is 2.40. The van der Waals surface area contributed by atoms with Crippen LogP contribution in [0.4, 0.5) is 0 Å². The molecule has 0 aromatic rings. The van der Waals surface area contributed by atoms with Gasteiger partial charge in [-0.25, -0.2) is 0 Å². The second-order valence-electron chi connectivity index (χ2n) is 4.48. The molecule has 1 heterocycles. The van der Waals surface area contributed by atoms with E-state index in [1.165, 1.54) is 0 Å². The third-order valence-electron chi connectivity index (χ3n) is 2.67. The highest BCUT2D eigenvalue weighted by Gasteiger charge is 2.26. The van der Waals surface area contributed by atoms with E-state index in [2.05, 4.69) is 11.0 Å². The van der Waals surface area contributed by atoms with Gasteiger partial charge < -0.3 is 10.5 Å². The first-order valence-electron chi connectivity index (χ1n) is 5.61. The second-order valence-corrected chi connectivity index (χ2v) is 4.48. The predicted molar refractivity (Wildman–Crippen MR) is 59.3 cm³/mol. The van der Waals surface area contributed by atoms with E-state index in [4.69, 9.17) is 15.7 Å². The van der Waals surface area contributed by atoms with E-state index >= 15 is 0 Å². The second kappa shape index (κ2) is 5.45. The smallest absolute Gasteiger partial charge is 0.114 e. The molecule has 0 radical (unpaired) electrons. The fourth-order valence-electron chi connectivity index (χ4n) is 2.03. The Morgan fingerprint density at radius 1 is 1.67 bits per heavy atom. The molecule has 2 unspecified atom stereocenters. The SMILES string of the molecule is CCOC1CCCN(CC(C)(N)C#N)C1. The monoisotopic (exact) mass is 211 g/mol. The van der Waals surface area contributed by atoms with Gasteiger partial charge in [-0.3, -0.25) is 4.90 Å². The molecule has 1 rings (SSSR count). The molecule has 1 aliphatic heterocycles. The lowest BCUT2D eigenvalue weighted by Gasteiger charge is -2.35. The summed E-state index contributed by atoms with van der Waals surface area (Å²) >= 11 is 0. The van der Waals surface area contributed by atoms with E-state index in [0.29, 0.717) is 12.6 Å². The van der Waals surface area contributed by atoms with Crippen LogP contribution in [0, 0.1) is 11.3 Å². The van der Waals surface area contributed by atoms with E-state index < -0.39 is 5.54 Å². The van der Waals surface area contributed by atoms with E-state index in [1.54, 1.807) is 6.92 Å². The van der Waals surface area contributed by atoms with Gasteiger partial charge in [-0.15, -0.1) is 0 Å². The minimum Gasteiger partial charge on any atom is -0.377 e. The minimum atomic E-state index is -0.742. The van der Waals surface area contributed by atoms with E-state index in [0.717, 1.165) is 32.5 Å². The highest BCUT2D eigenvalue weighted by molar-refractivity contribution is 5.03. The van der Waals surface area contributed by atoms with Crippen molar-refractivity contribution in [2.24, 2.45) is 5.73 Å². The summed E-state index contributed by atoms with van der Waals surface area (Å²) in [5.41, 5.74) is 5.08. The fourth-order valence-corrected chi connectivity index (χ4v) is 2.03. The maximum absolute atomic E-state index is 8.86. The molecule has 2 N–H and O–H groups in total. The van der Waals surface area contributed by atoms with Crippen LogP contribution in [0.3, 0.4) is 0 Å². The topological polar surface area (TPSA) is 62.3 Å². The third kappa shape index (κ3) is 4.17. The zero-order valence-corrected chi connectivity index (χ0v) is 9.70. The molecule has 4 nitrogen and oxygen atoms in total. The number of hydrogen-bond acceptors (Lipinski definition) is 4. The molecule has 1 saturated heterocycles. The number of nitrogens with zero attached hydrogens (tertiary/aromatic N) is 2. The lowest BCUT2D eigenvalue weighted by molar-refractivity contribution is 0.00298. The fraction of sp³-hybridized carbons (Fsp3) is 0.909. The predicted octanol–water partition coefficient (Wildman–Crippen LogP) is 0.728. The Morgan fingerprint density at radius 2 is 2.40 bits per heavy atom. The van der Waals surface area contributed by atoms with Gasteiger partial charge in [0.15, 0.2) is 0 Å². The molecular weight excluding hydrogens is 190 g/mol. The standard InChI is InChI=1S/C11H21N3O/c1-3-15-10-5-4-6-14(7-10)9-11(2,13)8-12/h10H,3-7,9,13H2,1-2H3. The van der Waals surface area contributed by atoms with Crippen molar-refractivity contribution in [1.82, 2.24) is 4.90 Å². The zero-order chi connectivity index (χ0) is 11.3. The summed E-state index contributed by atoms with van der Waals surface area (Å²) in [6, 6.07) is 2.13. The summed E-state index contributed by atoms with van der Waals surface area (Å²) in [4.78, 5) is 2.23. The molecule has 1 aliphatic rings. The summed E-state index contributed by atoms with van der Waals surface area (Å²) in [7, 11) is 0. The van der Waals surface area contributed by atoms with Crippen LogP contribution in [0.5, 0.6) is 0 Å². The van der Waals surface area contributed by atoms with Gasteiger partial charge in [0.2, 0.25) is 0 Å². The minimum absolute atomic E-state index is 0.318. The number of rotatable bonds is 4. The Bertz CT molecular complexity index is 232. The first-order chi connectivity index (χ1) is 7.07. The first-order valence-corrected chi connectivity index (χ1v) is 5.61. The molecule has 86 valence electrons. The average molecular weight is 211 g/mol. The normalized spacial score (nSPS) is 26.9. The molecular formula is C11H21N3O. The van der Waals surface area contributed by atoms with Crippen molar-refractivity contribution in [3.8, 4) is 6.07 Å². The maximum atomic E-state index is 8.86. The molecule has 1 fully saturated rings. The summed E-state index contributed by atoms with van der Waals surface area (Å²) in [5.74, 6) is 0. The highest BCUT2D eigenvalue weighted by atomic mass is 16.5.